The highest BCUT2D eigenvalue weighted by atomic mass is 14.6. The van der Waals surface area contributed by atoms with Gasteiger partial charge in [-0.05, 0) is 53.5 Å². The van der Waals surface area contributed by atoms with E-state index in [1.165, 1.54) is 32.8 Å². The van der Waals surface area contributed by atoms with Gasteiger partial charge in [0.2, 0.25) is 0 Å². The van der Waals surface area contributed by atoms with Crippen LogP contribution in [0.25, 0.3) is 21.7 Å². The zero-order valence-electron chi connectivity index (χ0n) is 13.9. The molecule has 24 heavy (non-hydrogen) atoms. The van der Waals surface area contributed by atoms with Gasteiger partial charge in [0, 0.05) is 29.4 Å². The summed E-state index contributed by atoms with van der Waals surface area (Å²) in [5, 5.41) is 3.88. The highest BCUT2D eigenvalue weighted by Crippen LogP contribution is 2.24. The lowest BCUT2D eigenvalue weighted by molar-refractivity contribution is 0.974. The van der Waals surface area contributed by atoms with Crippen LogP contribution < -0.4 is 0 Å². The fourth-order valence-electron chi connectivity index (χ4n) is 3.46. The smallest absolute Gasteiger partial charge is 0.0704 e. The van der Waals surface area contributed by atoms with E-state index in [0.717, 1.165) is 24.8 Å². The molecule has 2 aromatic carbocycles. The van der Waals surface area contributed by atoms with Crippen LogP contribution in [0.3, 0.4) is 0 Å². The SMILES string of the molecule is CCc1cncc2c(CCc3ccnc4ccccc34)cccc12. The number of para-hydroxylation sites is 1. The quantitative estimate of drug-likeness (QED) is 0.522. The molecule has 118 valence electrons. The van der Waals surface area contributed by atoms with Gasteiger partial charge in [-0.1, -0.05) is 43.3 Å². The van der Waals surface area contributed by atoms with Gasteiger partial charge in [0.1, 0.15) is 0 Å². The zero-order valence-corrected chi connectivity index (χ0v) is 13.9. The summed E-state index contributed by atoms with van der Waals surface area (Å²) < 4.78 is 0. The molecule has 0 bridgehead atoms. The van der Waals surface area contributed by atoms with Crippen LogP contribution in [0, 0.1) is 0 Å². The van der Waals surface area contributed by atoms with Crippen molar-refractivity contribution in [1.29, 1.82) is 0 Å². The Kier molecular flexibility index (Phi) is 3.96. The Balaban J connectivity index is 1.70. The number of hydrogen-bond acceptors (Lipinski definition) is 2. The van der Waals surface area contributed by atoms with Crippen molar-refractivity contribution in [2.45, 2.75) is 26.2 Å². The minimum absolute atomic E-state index is 1.01. The number of aryl methyl sites for hydroxylation is 3. The van der Waals surface area contributed by atoms with Crippen molar-refractivity contribution in [3.63, 3.8) is 0 Å². The van der Waals surface area contributed by atoms with Gasteiger partial charge < -0.3 is 0 Å². The number of rotatable bonds is 4. The van der Waals surface area contributed by atoms with E-state index in [9.17, 15) is 0 Å². The molecule has 0 unspecified atom stereocenters. The predicted molar refractivity (Wildman–Crippen MR) is 100 cm³/mol. The lowest BCUT2D eigenvalue weighted by Gasteiger charge is -2.10. The Labute approximate surface area is 142 Å². The van der Waals surface area contributed by atoms with Gasteiger partial charge in [0.05, 0.1) is 5.52 Å². The van der Waals surface area contributed by atoms with Gasteiger partial charge in [-0.3, -0.25) is 9.97 Å². The molecule has 0 N–H and O–H groups in total. The summed E-state index contributed by atoms with van der Waals surface area (Å²) in [7, 11) is 0. The van der Waals surface area contributed by atoms with E-state index < -0.39 is 0 Å². The topological polar surface area (TPSA) is 25.8 Å². The average molecular weight is 312 g/mol. The Morgan fingerprint density at radius 2 is 1.50 bits per heavy atom. The first kappa shape index (κ1) is 14.8. The molecular weight excluding hydrogens is 292 g/mol. The maximum absolute atomic E-state index is 4.46. The van der Waals surface area contributed by atoms with Gasteiger partial charge in [-0.25, -0.2) is 0 Å². The molecule has 2 nitrogen and oxygen atoms in total. The van der Waals surface area contributed by atoms with E-state index in [1.54, 1.807) is 0 Å². The number of benzene rings is 2. The largest absolute Gasteiger partial charge is 0.264 e. The third-order valence-electron chi connectivity index (χ3n) is 4.76. The highest BCUT2D eigenvalue weighted by Gasteiger charge is 2.07. The zero-order chi connectivity index (χ0) is 16.4. The molecule has 2 aromatic heterocycles. The normalized spacial score (nSPS) is 11.2. The third-order valence-corrected chi connectivity index (χ3v) is 4.76. The van der Waals surface area contributed by atoms with E-state index in [-0.39, 0.29) is 0 Å². The highest BCUT2D eigenvalue weighted by molar-refractivity contribution is 5.88. The lowest BCUT2D eigenvalue weighted by Crippen LogP contribution is -1.96. The number of nitrogens with zero attached hydrogens (tertiary/aromatic N) is 2. The van der Waals surface area contributed by atoms with Gasteiger partial charge in [-0.15, -0.1) is 0 Å². The number of pyridine rings is 2. The molecule has 0 atom stereocenters. The van der Waals surface area contributed by atoms with E-state index in [0.29, 0.717) is 0 Å². The first-order valence-electron chi connectivity index (χ1n) is 8.54. The molecule has 0 amide bonds. The van der Waals surface area contributed by atoms with Crippen molar-refractivity contribution in [3.05, 3.63) is 83.8 Å². The van der Waals surface area contributed by atoms with Crippen LogP contribution in [0.15, 0.2) is 67.1 Å². The Bertz CT molecular complexity index is 1000. The minimum Gasteiger partial charge on any atom is -0.264 e. The van der Waals surface area contributed by atoms with Gasteiger partial charge in [0.25, 0.3) is 0 Å². The predicted octanol–water partition coefficient (Wildman–Crippen LogP) is 5.13. The fraction of sp³-hybridized carbons (Fsp3) is 0.182. The van der Waals surface area contributed by atoms with Gasteiger partial charge in [-0.2, -0.15) is 0 Å². The van der Waals surface area contributed by atoms with Crippen LogP contribution in [0.2, 0.25) is 0 Å². The minimum atomic E-state index is 1.01. The Morgan fingerprint density at radius 1 is 0.708 bits per heavy atom. The van der Waals surface area contributed by atoms with Crippen LogP contribution in [-0.4, -0.2) is 9.97 Å². The summed E-state index contributed by atoms with van der Waals surface area (Å²) in [5.74, 6) is 0. The van der Waals surface area contributed by atoms with Crippen LogP contribution >= 0.6 is 0 Å². The second-order valence-corrected chi connectivity index (χ2v) is 6.15. The first-order chi connectivity index (χ1) is 11.9. The molecule has 0 aliphatic rings. The second-order valence-electron chi connectivity index (χ2n) is 6.15. The van der Waals surface area contributed by atoms with Crippen molar-refractivity contribution in [3.8, 4) is 0 Å². The van der Waals surface area contributed by atoms with E-state index in [4.69, 9.17) is 0 Å². The summed E-state index contributed by atoms with van der Waals surface area (Å²) >= 11 is 0. The number of fused-ring (bicyclic) bond motifs is 2. The molecule has 0 saturated heterocycles. The summed E-state index contributed by atoms with van der Waals surface area (Å²) in [4.78, 5) is 8.90. The summed E-state index contributed by atoms with van der Waals surface area (Å²) in [6.45, 7) is 2.19. The van der Waals surface area contributed by atoms with Crippen LogP contribution in [0.4, 0.5) is 0 Å². The maximum atomic E-state index is 4.46. The molecule has 0 aliphatic heterocycles. The standard InChI is InChI=1S/C22H20N2/c1-2-16-14-23-15-21-17(6-5-8-19(16)21)10-11-18-12-13-24-22-9-4-3-7-20(18)22/h3-9,12-15H,2,10-11H2,1H3. The molecule has 4 aromatic rings. The maximum Gasteiger partial charge on any atom is 0.0704 e. The number of aromatic nitrogens is 2. The molecule has 4 rings (SSSR count). The van der Waals surface area contributed by atoms with Crippen molar-refractivity contribution in [2.75, 3.05) is 0 Å². The van der Waals surface area contributed by atoms with E-state index in [2.05, 4.69) is 59.4 Å². The van der Waals surface area contributed by atoms with Crippen molar-refractivity contribution >= 4 is 21.7 Å². The average Bonchev–Trinajstić information content (AvgIpc) is 2.65. The van der Waals surface area contributed by atoms with Gasteiger partial charge >= 0.3 is 0 Å². The van der Waals surface area contributed by atoms with Crippen molar-refractivity contribution in [1.82, 2.24) is 9.97 Å². The summed E-state index contributed by atoms with van der Waals surface area (Å²) in [6.07, 6.45) is 8.95. The van der Waals surface area contributed by atoms with E-state index in [1.807, 2.05) is 24.7 Å². The lowest BCUT2D eigenvalue weighted by atomic mass is 9.96. The second kappa shape index (κ2) is 6.40. The van der Waals surface area contributed by atoms with Crippen molar-refractivity contribution in [2.24, 2.45) is 0 Å². The van der Waals surface area contributed by atoms with Crippen molar-refractivity contribution < 1.29 is 0 Å². The molecule has 0 fully saturated rings. The molecule has 0 aliphatic carbocycles. The summed E-state index contributed by atoms with van der Waals surface area (Å²) in [6, 6.07) is 17.1. The summed E-state index contributed by atoms with van der Waals surface area (Å²) in [5.41, 5.74) is 5.12. The molecule has 0 spiro atoms. The monoisotopic (exact) mass is 312 g/mol. The Hall–Kier alpha value is -2.74. The first-order valence-corrected chi connectivity index (χ1v) is 8.54. The van der Waals surface area contributed by atoms with Crippen LogP contribution in [0.5, 0.6) is 0 Å². The molecular formula is C22H20N2. The molecule has 2 heteroatoms. The third kappa shape index (κ3) is 2.65. The molecule has 0 radical (unpaired) electrons. The van der Waals surface area contributed by atoms with E-state index >= 15 is 0 Å². The Morgan fingerprint density at radius 3 is 2.38 bits per heavy atom. The van der Waals surface area contributed by atoms with Gasteiger partial charge in [0.15, 0.2) is 0 Å². The molecule has 2 heterocycles. The number of hydrogen-bond donors (Lipinski definition) is 0. The fourth-order valence-corrected chi connectivity index (χ4v) is 3.46. The van der Waals surface area contributed by atoms with Crippen LogP contribution in [0.1, 0.15) is 23.6 Å². The van der Waals surface area contributed by atoms with Crippen LogP contribution in [-0.2, 0) is 19.3 Å². The molecule has 0 saturated carbocycles.